The van der Waals surface area contributed by atoms with Gasteiger partial charge in [0, 0.05) is 25.2 Å². The van der Waals surface area contributed by atoms with Crippen molar-refractivity contribution < 1.29 is 24.3 Å². The van der Waals surface area contributed by atoms with E-state index in [9.17, 15) is 19.6 Å². The molecule has 0 aliphatic heterocycles. The normalized spacial score (nSPS) is 12.3. The lowest BCUT2D eigenvalue weighted by Gasteiger charge is -2.20. The number of methoxy groups -OCH3 is 1. The predicted molar refractivity (Wildman–Crippen MR) is 99.9 cm³/mol. The van der Waals surface area contributed by atoms with Crippen molar-refractivity contribution >= 4 is 18.2 Å². The summed E-state index contributed by atoms with van der Waals surface area (Å²) >= 11 is 0. The lowest BCUT2D eigenvalue weighted by Crippen LogP contribution is -2.47. The third kappa shape index (κ3) is 7.49. The van der Waals surface area contributed by atoms with Crippen LogP contribution in [0.2, 0.25) is 0 Å². The van der Waals surface area contributed by atoms with Gasteiger partial charge in [0.15, 0.2) is 0 Å². The van der Waals surface area contributed by atoms with E-state index >= 15 is 0 Å². The summed E-state index contributed by atoms with van der Waals surface area (Å²) < 4.78 is 5.11. The molecule has 0 bridgehead atoms. The molecule has 148 valence electrons. The first-order valence-corrected chi connectivity index (χ1v) is 8.59. The maximum absolute atomic E-state index is 12.6. The van der Waals surface area contributed by atoms with Gasteiger partial charge in [0.25, 0.3) is 0 Å². The second-order valence-corrected chi connectivity index (χ2v) is 6.43. The first-order valence-electron chi connectivity index (χ1n) is 8.59. The van der Waals surface area contributed by atoms with E-state index in [1.54, 1.807) is 19.2 Å². The van der Waals surface area contributed by atoms with Gasteiger partial charge < -0.3 is 15.4 Å². The first kappa shape index (κ1) is 22.2. The number of nitrogens with one attached hydrogen (secondary N) is 2. The average Bonchev–Trinajstić information content (AvgIpc) is 2.66. The van der Waals surface area contributed by atoms with Gasteiger partial charge in [0.1, 0.15) is 11.8 Å². The van der Waals surface area contributed by atoms with E-state index < -0.39 is 11.9 Å². The minimum atomic E-state index is -0.810. The van der Waals surface area contributed by atoms with E-state index in [4.69, 9.17) is 4.74 Å². The molecule has 0 spiro atoms. The molecule has 3 N–H and O–H groups in total. The highest BCUT2D eigenvalue weighted by molar-refractivity contribution is 5.97. The maximum atomic E-state index is 12.6. The van der Waals surface area contributed by atoms with Crippen molar-refractivity contribution in [2.45, 2.75) is 32.7 Å². The second-order valence-electron chi connectivity index (χ2n) is 6.43. The van der Waals surface area contributed by atoms with Crippen molar-refractivity contribution in [1.82, 2.24) is 15.7 Å². The van der Waals surface area contributed by atoms with Crippen LogP contribution in [-0.2, 0) is 20.8 Å². The number of carbonyl (C=O) groups is 3. The Labute approximate surface area is 159 Å². The number of amides is 3. The summed E-state index contributed by atoms with van der Waals surface area (Å²) in [6, 6.07) is 6.36. The Bertz CT molecular complexity index is 670. The predicted octanol–water partition coefficient (Wildman–Crippen LogP) is 1.25. The van der Waals surface area contributed by atoms with Crippen molar-refractivity contribution in [3.05, 3.63) is 41.6 Å². The van der Waals surface area contributed by atoms with Crippen LogP contribution in [0.25, 0.3) is 0 Å². The fourth-order valence-electron chi connectivity index (χ4n) is 2.47. The second kappa shape index (κ2) is 11.0. The zero-order chi connectivity index (χ0) is 20.4. The Morgan fingerprint density at radius 3 is 2.37 bits per heavy atom. The smallest absolute Gasteiger partial charge is 0.249 e. The largest absolute Gasteiger partial charge is 0.497 e. The number of rotatable bonds is 10. The highest BCUT2D eigenvalue weighted by Gasteiger charge is 2.23. The van der Waals surface area contributed by atoms with Gasteiger partial charge in [0.05, 0.1) is 7.11 Å². The number of likely N-dealkylation sites (N-methyl/N-ethyl adjacent to an activating group) is 1. The number of ether oxygens (including phenoxy) is 1. The van der Waals surface area contributed by atoms with Crippen LogP contribution in [0.4, 0.5) is 0 Å². The van der Waals surface area contributed by atoms with E-state index in [0.29, 0.717) is 12.2 Å². The van der Waals surface area contributed by atoms with Gasteiger partial charge in [-0.15, -0.1) is 0 Å². The third-order valence-corrected chi connectivity index (χ3v) is 3.78. The molecule has 0 saturated carbocycles. The summed E-state index contributed by atoms with van der Waals surface area (Å²) in [5.41, 5.74) is 1.04. The van der Waals surface area contributed by atoms with E-state index in [0.717, 1.165) is 11.8 Å². The Balaban J connectivity index is 2.98. The van der Waals surface area contributed by atoms with Crippen LogP contribution in [0, 0.1) is 5.92 Å². The fourth-order valence-corrected chi connectivity index (χ4v) is 2.47. The fraction of sp³-hybridized carbons (Fsp3) is 0.421. The number of nitrogens with zero attached hydrogens (tertiary/aromatic N) is 1. The van der Waals surface area contributed by atoms with Crippen molar-refractivity contribution in [2.75, 3.05) is 14.2 Å². The van der Waals surface area contributed by atoms with Gasteiger partial charge in [-0.05, 0) is 30.0 Å². The molecule has 0 heterocycles. The lowest BCUT2D eigenvalue weighted by atomic mass is 10.0. The number of carbonyl (C=O) groups excluding carboxylic acids is 3. The topological polar surface area (TPSA) is 108 Å². The Morgan fingerprint density at radius 1 is 1.26 bits per heavy atom. The number of benzene rings is 1. The Kier molecular flexibility index (Phi) is 9.01. The van der Waals surface area contributed by atoms with Crippen LogP contribution in [-0.4, -0.2) is 48.7 Å². The average molecular weight is 377 g/mol. The summed E-state index contributed by atoms with van der Waals surface area (Å²) in [6.07, 6.45) is 1.85. The van der Waals surface area contributed by atoms with Crippen LogP contribution >= 0.6 is 0 Å². The van der Waals surface area contributed by atoms with E-state index in [-0.39, 0.29) is 35.3 Å². The van der Waals surface area contributed by atoms with E-state index in [1.165, 1.54) is 7.05 Å². The molecule has 0 aliphatic rings. The highest BCUT2D eigenvalue weighted by Crippen LogP contribution is 2.15. The molecule has 1 aromatic carbocycles. The first-order chi connectivity index (χ1) is 12.8. The highest BCUT2D eigenvalue weighted by atomic mass is 16.5. The van der Waals surface area contributed by atoms with Gasteiger partial charge in [-0.1, -0.05) is 26.0 Å². The molecule has 8 nitrogen and oxygen atoms in total. The molecular formula is C19H27N3O5. The van der Waals surface area contributed by atoms with E-state index in [1.807, 2.05) is 26.0 Å². The van der Waals surface area contributed by atoms with Gasteiger partial charge in [-0.2, -0.15) is 0 Å². The summed E-state index contributed by atoms with van der Waals surface area (Å²) in [4.78, 5) is 35.5. The molecule has 1 rings (SSSR count). The summed E-state index contributed by atoms with van der Waals surface area (Å²) in [5, 5.41) is 14.9. The summed E-state index contributed by atoms with van der Waals surface area (Å²) in [6.45, 7) is 3.80. The van der Waals surface area contributed by atoms with Crippen molar-refractivity contribution in [3.63, 3.8) is 0 Å². The zero-order valence-corrected chi connectivity index (χ0v) is 16.1. The lowest BCUT2D eigenvalue weighted by molar-refractivity contribution is -0.139. The van der Waals surface area contributed by atoms with Crippen molar-refractivity contribution in [3.8, 4) is 5.75 Å². The number of hydrogen-bond acceptors (Lipinski definition) is 5. The zero-order valence-electron chi connectivity index (χ0n) is 16.1. The molecule has 1 aromatic rings. The molecule has 0 aromatic heterocycles. The third-order valence-electron chi connectivity index (χ3n) is 3.78. The van der Waals surface area contributed by atoms with Crippen LogP contribution in [0.3, 0.4) is 0 Å². The monoisotopic (exact) mass is 377 g/mol. The minimum absolute atomic E-state index is 0.113. The van der Waals surface area contributed by atoms with Crippen LogP contribution < -0.4 is 15.4 Å². The Morgan fingerprint density at radius 2 is 1.89 bits per heavy atom. The van der Waals surface area contributed by atoms with Crippen LogP contribution in [0.1, 0.15) is 25.8 Å². The summed E-state index contributed by atoms with van der Waals surface area (Å²) in [7, 11) is 3.05. The van der Waals surface area contributed by atoms with E-state index in [2.05, 4.69) is 10.6 Å². The van der Waals surface area contributed by atoms with Crippen LogP contribution in [0.15, 0.2) is 36.0 Å². The van der Waals surface area contributed by atoms with Gasteiger partial charge >= 0.3 is 0 Å². The molecule has 0 saturated heterocycles. The van der Waals surface area contributed by atoms with Gasteiger partial charge in [-0.25, -0.2) is 5.06 Å². The maximum Gasteiger partial charge on any atom is 0.249 e. The molecule has 1 atom stereocenters. The SMILES string of the molecule is CNC(=O)[C@H](Cc1ccc(OC)cc1)NC(=O)C(=CN(O)C=O)CC(C)C. The molecule has 0 aliphatic carbocycles. The molecular weight excluding hydrogens is 350 g/mol. The Hall–Kier alpha value is -2.87. The van der Waals surface area contributed by atoms with Gasteiger partial charge in [0.2, 0.25) is 18.2 Å². The number of hydroxylamine groups is 2. The van der Waals surface area contributed by atoms with Crippen molar-refractivity contribution in [2.24, 2.45) is 5.92 Å². The van der Waals surface area contributed by atoms with Crippen LogP contribution in [0.5, 0.6) is 5.75 Å². The van der Waals surface area contributed by atoms with Crippen molar-refractivity contribution in [1.29, 1.82) is 0 Å². The quantitative estimate of drug-likeness (QED) is 0.246. The number of hydrogen-bond donors (Lipinski definition) is 3. The molecule has 8 heteroatoms. The summed E-state index contributed by atoms with van der Waals surface area (Å²) in [5.74, 6) is -0.0635. The molecule has 0 unspecified atom stereocenters. The molecule has 3 amide bonds. The standard InChI is InChI=1S/C19H27N3O5/c1-13(2)9-15(11-22(26)12-23)18(24)21-17(19(25)20-3)10-14-5-7-16(27-4)8-6-14/h5-8,11-13,17,26H,9-10H2,1-4H3,(H,20,25)(H,21,24)/t17-/m0/s1. The minimum Gasteiger partial charge on any atom is -0.497 e. The molecule has 27 heavy (non-hydrogen) atoms. The molecule has 0 fully saturated rings. The molecule has 0 radical (unpaired) electrons. The van der Waals surface area contributed by atoms with Gasteiger partial charge in [-0.3, -0.25) is 19.6 Å².